The van der Waals surface area contributed by atoms with Crippen molar-refractivity contribution >= 4 is 5.82 Å². The molecule has 0 saturated carbocycles. The molecule has 0 radical (unpaired) electrons. The molecule has 2 rings (SSSR count). The molecule has 0 spiro atoms. The highest BCUT2D eigenvalue weighted by atomic mass is 19.1. The van der Waals surface area contributed by atoms with Crippen LogP contribution in [0, 0.1) is 12.7 Å². The van der Waals surface area contributed by atoms with Crippen molar-refractivity contribution in [1.82, 2.24) is 9.88 Å². The summed E-state index contributed by atoms with van der Waals surface area (Å²) in [5, 5.41) is 0. The van der Waals surface area contributed by atoms with E-state index in [2.05, 4.69) is 37.0 Å². The minimum absolute atomic E-state index is 0.161. The number of anilines is 1. The third-order valence-corrected chi connectivity index (χ3v) is 4.10. The van der Waals surface area contributed by atoms with Crippen LogP contribution in [-0.2, 0) is 19.3 Å². The van der Waals surface area contributed by atoms with Gasteiger partial charge in [0.1, 0.15) is 11.6 Å². The molecule has 0 fully saturated rings. The SMILES string of the molecule is CCCCN(C)C.CCc1cc(F)cc(CCc2cc(C)cc(N)n2)c1. The first-order chi connectivity index (χ1) is 12.3. The van der Waals surface area contributed by atoms with Crippen LogP contribution in [0.25, 0.3) is 0 Å². The van der Waals surface area contributed by atoms with Gasteiger partial charge in [-0.25, -0.2) is 9.37 Å². The normalized spacial score (nSPS) is 10.6. The summed E-state index contributed by atoms with van der Waals surface area (Å²) in [5.41, 5.74) is 9.84. The number of hydrogen-bond donors (Lipinski definition) is 1. The second-order valence-electron chi connectivity index (χ2n) is 7.04. The molecule has 1 heterocycles. The fourth-order valence-electron chi connectivity index (χ4n) is 2.71. The van der Waals surface area contributed by atoms with Gasteiger partial charge in [0.2, 0.25) is 0 Å². The van der Waals surface area contributed by atoms with Crippen molar-refractivity contribution in [3.05, 3.63) is 58.5 Å². The Labute approximate surface area is 158 Å². The van der Waals surface area contributed by atoms with Crippen LogP contribution in [-0.4, -0.2) is 30.5 Å². The van der Waals surface area contributed by atoms with Crippen LogP contribution >= 0.6 is 0 Å². The van der Waals surface area contributed by atoms with Gasteiger partial charge in [-0.15, -0.1) is 0 Å². The lowest BCUT2D eigenvalue weighted by Gasteiger charge is -2.06. The molecule has 144 valence electrons. The second-order valence-corrected chi connectivity index (χ2v) is 7.04. The van der Waals surface area contributed by atoms with E-state index in [-0.39, 0.29) is 5.82 Å². The van der Waals surface area contributed by atoms with E-state index in [9.17, 15) is 4.39 Å². The Morgan fingerprint density at radius 3 is 2.23 bits per heavy atom. The minimum atomic E-state index is -0.161. The lowest BCUT2D eigenvalue weighted by Crippen LogP contribution is -2.12. The van der Waals surface area contributed by atoms with E-state index in [1.54, 1.807) is 12.1 Å². The fourth-order valence-corrected chi connectivity index (χ4v) is 2.71. The highest BCUT2D eigenvalue weighted by Gasteiger charge is 2.03. The lowest BCUT2D eigenvalue weighted by molar-refractivity contribution is 0.398. The van der Waals surface area contributed by atoms with Crippen LogP contribution in [0.1, 0.15) is 49.1 Å². The van der Waals surface area contributed by atoms with E-state index in [4.69, 9.17) is 5.73 Å². The zero-order valence-electron chi connectivity index (χ0n) is 17.0. The first-order valence-corrected chi connectivity index (χ1v) is 9.50. The van der Waals surface area contributed by atoms with Crippen molar-refractivity contribution in [2.45, 2.75) is 52.9 Å². The van der Waals surface area contributed by atoms with E-state index in [0.717, 1.165) is 41.6 Å². The molecule has 0 aliphatic carbocycles. The van der Waals surface area contributed by atoms with Crippen LogP contribution in [0.3, 0.4) is 0 Å². The predicted molar refractivity (Wildman–Crippen MR) is 110 cm³/mol. The van der Waals surface area contributed by atoms with E-state index in [1.807, 2.05) is 26.0 Å². The first-order valence-electron chi connectivity index (χ1n) is 9.50. The topological polar surface area (TPSA) is 42.1 Å². The maximum absolute atomic E-state index is 13.4. The zero-order valence-corrected chi connectivity index (χ0v) is 17.0. The third-order valence-electron chi connectivity index (χ3n) is 4.10. The molecule has 4 heteroatoms. The van der Waals surface area contributed by atoms with Gasteiger partial charge < -0.3 is 10.6 Å². The number of pyridine rings is 1. The van der Waals surface area contributed by atoms with Crippen molar-refractivity contribution in [3.8, 4) is 0 Å². The van der Waals surface area contributed by atoms with Crippen molar-refractivity contribution in [3.63, 3.8) is 0 Å². The minimum Gasteiger partial charge on any atom is -0.384 e. The number of aromatic nitrogens is 1. The van der Waals surface area contributed by atoms with Gasteiger partial charge in [-0.1, -0.05) is 26.3 Å². The Balaban J connectivity index is 0.000000412. The van der Waals surface area contributed by atoms with Gasteiger partial charge in [0.05, 0.1) is 0 Å². The van der Waals surface area contributed by atoms with Crippen LogP contribution in [0.15, 0.2) is 30.3 Å². The van der Waals surface area contributed by atoms with Gasteiger partial charge in [0.25, 0.3) is 0 Å². The molecule has 3 nitrogen and oxygen atoms in total. The Kier molecular flexibility index (Phi) is 9.89. The lowest BCUT2D eigenvalue weighted by atomic mass is 10.0. The number of nitrogen functional groups attached to an aromatic ring is 1. The Hall–Kier alpha value is -1.94. The van der Waals surface area contributed by atoms with Crippen LogP contribution < -0.4 is 5.73 Å². The third kappa shape index (κ3) is 8.95. The molecule has 0 aliphatic rings. The number of unbranched alkanes of at least 4 members (excludes halogenated alkanes) is 1. The summed E-state index contributed by atoms with van der Waals surface area (Å²) in [5.74, 6) is 0.384. The number of halogens is 1. The number of nitrogens with zero attached hydrogens (tertiary/aromatic N) is 2. The molecule has 0 bridgehead atoms. The van der Waals surface area contributed by atoms with Gasteiger partial charge in [0, 0.05) is 5.69 Å². The predicted octanol–water partition coefficient (Wildman–Crippen LogP) is 4.81. The smallest absolute Gasteiger partial charge is 0.123 e. The molecule has 26 heavy (non-hydrogen) atoms. The van der Waals surface area contributed by atoms with Gasteiger partial charge >= 0.3 is 0 Å². The first kappa shape index (κ1) is 22.1. The molecule has 0 amide bonds. The monoisotopic (exact) mass is 359 g/mol. The number of rotatable bonds is 7. The number of hydrogen-bond acceptors (Lipinski definition) is 3. The summed E-state index contributed by atoms with van der Waals surface area (Å²) in [6.07, 6.45) is 5.03. The van der Waals surface area contributed by atoms with Crippen molar-refractivity contribution in [2.24, 2.45) is 0 Å². The van der Waals surface area contributed by atoms with Gasteiger partial charge in [-0.05, 0) is 94.2 Å². The van der Waals surface area contributed by atoms with Crippen LogP contribution in [0.4, 0.5) is 10.2 Å². The Morgan fingerprint density at radius 2 is 1.69 bits per heavy atom. The standard InChI is InChI=1S/C16H19FN2.C6H15N/c1-3-12-8-13(10-14(17)9-12)4-5-15-6-11(2)7-16(18)19-15;1-4-5-6-7(2)3/h6-10H,3-5H2,1-2H3,(H2,18,19);4-6H2,1-3H3. The van der Waals surface area contributed by atoms with Crippen LogP contribution in [0.5, 0.6) is 0 Å². The van der Waals surface area contributed by atoms with Crippen molar-refractivity contribution in [2.75, 3.05) is 26.4 Å². The van der Waals surface area contributed by atoms with E-state index in [0.29, 0.717) is 5.82 Å². The molecule has 2 N–H and O–H groups in total. The molecule has 0 saturated heterocycles. The number of aryl methyl sites for hydroxylation is 4. The maximum atomic E-state index is 13.4. The molecule has 2 aromatic rings. The maximum Gasteiger partial charge on any atom is 0.123 e. The summed E-state index contributed by atoms with van der Waals surface area (Å²) >= 11 is 0. The van der Waals surface area contributed by atoms with Crippen LogP contribution in [0.2, 0.25) is 0 Å². The molecule has 0 atom stereocenters. The molecule has 1 aromatic carbocycles. The zero-order chi connectivity index (χ0) is 19.5. The summed E-state index contributed by atoms with van der Waals surface area (Å²) < 4.78 is 13.4. The summed E-state index contributed by atoms with van der Waals surface area (Å²) in [7, 11) is 4.21. The van der Waals surface area contributed by atoms with Crippen molar-refractivity contribution < 1.29 is 4.39 Å². The summed E-state index contributed by atoms with van der Waals surface area (Å²) in [6, 6.07) is 9.12. The van der Waals surface area contributed by atoms with E-state index < -0.39 is 0 Å². The molecular weight excluding hydrogens is 325 g/mol. The Morgan fingerprint density at radius 1 is 1.00 bits per heavy atom. The van der Waals surface area contributed by atoms with E-state index in [1.165, 1.54) is 19.4 Å². The molecule has 0 aliphatic heterocycles. The summed E-state index contributed by atoms with van der Waals surface area (Å²) in [4.78, 5) is 6.51. The molecule has 1 aromatic heterocycles. The fraction of sp³-hybridized carbons (Fsp3) is 0.500. The van der Waals surface area contributed by atoms with Gasteiger partial charge in [0.15, 0.2) is 0 Å². The highest BCUT2D eigenvalue weighted by molar-refractivity contribution is 5.34. The van der Waals surface area contributed by atoms with Crippen molar-refractivity contribution in [1.29, 1.82) is 0 Å². The largest absolute Gasteiger partial charge is 0.384 e. The molecule has 0 unspecified atom stereocenters. The Bertz CT molecular complexity index is 648. The number of nitrogens with two attached hydrogens (primary N) is 1. The van der Waals surface area contributed by atoms with Gasteiger partial charge in [-0.2, -0.15) is 0 Å². The summed E-state index contributed by atoms with van der Waals surface area (Å²) in [6.45, 7) is 7.47. The average Bonchev–Trinajstić information content (AvgIpc) is 2.57. The van der Waals surface area contributed by atoms with E-state index >= 15 is 0 Å². The van der Waals surface area contributed by atoms with Gasteiger partial charge in [-0.3, -0.25) is 0 Å². The highest BCUT2D eigenvalue weighted by Crippen LogP contribution is 2.14. The molecular formula is C22H34FN3. The quantitative estimate of drug-likeness (QED) is 0.771. The average molecular weight is 360 g/mol. The second kappa shape index (κ2) is 11.6. The number of benzene rings is 1.